The second-order valence-corrected chi connectivity index (χ2v) is 5.65. The van der Waals surface area contributed by atoms with Crippen LogP contribution in [0.25, 0.3) is 0 Å². The molecule has 7 heteroatoms. The van der Waals surface area contributed by atoms with Crippen LogP contribution in [0, 0.1) is 0 Å². The van der Waals surface area contributed by atoms with Gasteiger partial charge in [-0.3, -0.25) is 9.59 Å². The average molecular weight is 299 g/mol. The van der Waals surface area contributed by atoms with E-state index in [2.05, 4.69) is 10.1 Å². The highest BCUT2D eigenvalue weighted by Gasteiger charge is 2.26. The van der Waals surface area contributed by atoms with Gasteiger partial charge in [-0.05, 0) is 26.8 Å². The topological polar surface area (TPSA) is 90.9 Å². The fourth-order valence-corrected chi connectivity index (χ4v) is 1.72. The van der Waals surface area contributed by atoms with Crippen LogP contribution in [0.15, 0.2) is 12.2 Å². The highest BCUT2D eigenvalue weighted by atomic mass is 16.6. The molecule has 0 aliphatic heterocycles. The minimum atomic E-state index is -0.658. The van der Waals surface area contributed by atoms with Crippen molar-refractivity contribution >= 4 is 18.0 Å². The molecule has 0 aromatic heterocycles. The van der Waals surface area contributed by atoms with E-state index >= 15 is 0 Å². The number of ether oxygens (including phenoxy) is 3. The minimum absolute atomic E-state index is 0.268. The van der Waals surface area contributed by atoms with E-state index < -0.39 is 36.2 Å². The maximum atomic E-state index is 11.6. The van der Waals surface area contributed by atoms with Gasteiger partial charge in [0.05, 0.1) is 13.2 Å². The van der Waals surface area contributed by atoms with E-state index in [9.17, 15) is 14.4 Å². The van der Waals surface area contributed by atoms with Gasteiger partial charge in [0.15, 0.2) is 0 Å². The van der Waals surface area contributed by atoms with Gasteiger partial charge < -0.3 is 19.5 Å². The van der Waals surface area contributed by atoms with Crippen LogP contribution in [0.2, 0.25) is 0 Å². The summed E-state index contributed by atoms with van der Waals surface area (Å²) in [6.07, 6.45) is 2.37. The first-order valence-electron chi connectivity index (χ1n) is 6.64. The normalized spacial score (nSPS) is 20.8. The number of methoxy groups -OCH3 is 1. The van der Waals surface area contributed by atoms with E-state index in [1.807, 2.05) is 0 Å². The van der Waals surface area contributed by atoms with Crippen molar-refractivity contribution in [3.8, 4) is 0 Å². The number of nitrogens with one attached hydrogen (secondary N) is 1. The Morgan fingerprint density at radius 1 is 1.19 bits per heavy atom. The standard InChI is InChI=1S/C14H21NO6/c1-14(2,3)21-13(18)15-9-5-6-10(7-9)20-12(17)8-11(16)19-4/h5-6,9-10H,7-8H2,1-4H3,(H,15,18)/t9-,10+/m1/s1. The zero-order valence-corrected chi connectivity index (χ0v) is 12.7. The number of amides is 1. The SMILES string of the molecule is COC(=O)CC(=O)O[C@H]1C=C[C@@H](NC(=O)OC(C)(C)C)C1. The number of carbonyl (C=O) groups excluding carboxylic acids is 3. The van der Waals surface area contributed by atoms with Crippen molar-refractivity contribution in [1.29, 1.82) is 0 Å². The van der Waals surface area contributed by atoms with E-state index in [1.165, 1.54) is 7.11 Å². The number of hydrogen-bond acceptors (Lipinski definition) is 6. The van der Waals surface area contributed by atoms with Gasteiger partial charge in [0.1, 0.15) is 18.1 Å². The Morgan fingerprint density at radius 3 is 2.43 bits per heavy atom. The lowest BCUT2D eigenvalue weighted by Crippen LogP contribution is -2.38. The lowest BCUT2D eigenvalue weighted by Gasteiger charge is -2.21. The molecule has 1 aliphatic carbocycles. The van der Waals surface area contributed by atoms with Crippen molar-refractivity contribution < 1.29 is 28.6 Å². The molecule has 0 aromatic rings. The molecule has 0 radical (unpaired) electrons. The van der Waals surface area contributed by atoms with Crippen molar-refractivity contribution in [2.75, 3.05) is 7.11 Å². The third kappa shape index (κ3) is 6.78. The Labute approximate surface area is 123 Å². The molecule has 0 spiro atoms. The van der Waals surface area contributed by atoms with Crippen molar-refractivity contribution in [2.24, 2.45) is 0 Å². The maximum Gasteiger partial charge on any atom is 0.408 e. The van der Waals surface area contributed by atoms with Gasteiger partial charge >= 0.3 is 18.0 Å². The van der Waals surface area contributed by atoms with Gasteiger partial charge in [-0.1, -0.05) is 6.08 Å². The molecule has 118 valence electrons. The van der Waals surface area contributed by atoms with Crippen LogP contribution in [0.4, 0.5) is 4.79 Å². The molecule has 0 unspecified atom stereocenters. The number of rotatable bonds is 4. The van der Waals surface area contributed by atoms with Gasteiger partial charge in [-0.25, -0.2) is 4.79 Å². The van der Waals surface area contributed by atoms with E-state index in [-0.39, 0.29) is 6.04 Å². The highest BCUT2D eigenvalue weighted by molar-refractivity contribution is 5.91. The van der Waals surface area contributed by atoms with E-state index in [0.29, 0.717) is 6.42 Å². The van der Waals surface area contributed by atoms with Crippen molar-refractivity contribution in [3.63, 3.8) is 0 Å². The predicted molar refractivity (Wildman–Crippen MR) is 73.4 cm³/mol. The van der Waals surface area contributed by atoms with E-state index in [4.69, 9.17) is 9.47 Å². The molecule has 1 aliphatic rings. The van der Waals surface area contributed by atoms with Crippen LogP contribution in [-0.2, 0) is 23.8 Å². The second-order valence-electron chi connectivity index (χ2n) is 5.65. The van der Waals surface area contributed by atoms with Crippen LogP contribution < -0.4 is 5.32 Å². The Hall–Kier alpha value is -2.05. The molecule has 1 rings (SSSR count). The van der Waals surface area contributed by atoms with Gasteiger partial charge in [-0.2, -0.15) is 0 Å². The second kappa shape index (κ2) is 7.10. The molecule has 0 fully saturated rings. The summed E-state index contributed by atoms with van der Waals surface area (Å²) in [5.74, 6) is -1.31. The monoisotopic (exact) mass is 299 g/mol. The largest absolute Gasteiger partial charge is 0.469 e. The van der Waals surface area contributed by atoms with Crippen molar-refractivity contribution in [1.82, 2.24) is 5.32 Å². The Morgan fingerprint density at radius 2 is 1.86 bits per heavy atom. The third-order valence-corrected chi connectivity index (χ3v) is 2.55. The smallest absolute Gasteiger partial charge is 0.408 e. The van der Waals surface area contributed by atoms with Crippen LogP contribution in [0.5, 0.6) is 0 Å². The summed E-state index contributed by atoms with van der Waals surface area (Å²) < 4.78 is 14.6. The highest BCUT2D eigenvalue weighted by Crippen LogP contribution is 2.16. The molecule has 1 amide bonds. The summed E-state index contributed by atoms with van der Waals surface area (Å²) in [4.78, 5) is 33.9. The average Bonchev–Trinajstić information content (AvgIpc) is 2.73. The zero-order valence-electron chi connectivity index (χ0n) is 12.7. The summed E-state index contributed by atoms with van der Waals surface area (Å²) in [6.45, 7) is 5.32. The van der Waals surface area contributed by atoms with Gasteiger partial charge in [-0.15, -0.1) is 0 Å². The van der Waals surface area contributed by atoms with Gasteiger partial charge in [0.25, 0.3) is 0 Å². The molecule has 0 saturated carbocycles. The summed E-state index contributed by atoms with van der Waals surface area (Å²) >= 11 is 0. The predicted octanol–water partition coefficient (Wildman–Crippen LogP) is 1.31. The number of hydrogen-bond donors (Lipinski definition) is 1. The van der Waals surface area contributed by atoms with Crippen LogP contribution >= 0.6 is 0 Å². The summed E-state index contributed by atoms with van der Waals surface area (Å²) in [7, 11) is 1.20. The molecular weight excluding hydrogens is 278 g/mol. The fourth-order valence-electron chi connectivity index (χ4n) is 1.72. The first kappa shape index (κ1) is 17.0. The van der Waals surface area contributed by atoms with E-state index in [0.717, 1.165) is 0 Å². The molecule has 21 heavy (non-hydrogen) atoms. The van der Waals surface area contributed by atoms with Crippen molar-refractivity contribution in [3.05, 3.63) is 12.2 Å². The van der Waals surface area contributed by atoms with Gasteiger partial charge in [0.2, 0.25) is 0 Å². The molecule has 2 atom stereocenters. The molecule has 0 heterocycles. The third-order valence-electron chi connectivity index (χ3n) is 2.55. The minimum Gasteiger partial charge on any atom is -0.469 e. The van der Waals surface area contributed by atoms with E-state index in [1.54, 1.807) is 32.9 Å². The number of alkyl carbamates (subject to hydrolysis) is 1. The Bertz CT molecular complexity index is 437. The lowest BCUT2D eigenvalue weighted by atomic mass is 10.2. The van der Waals surface area contributed by atoms with Gasteiger partial charge in [0, 0.05) is 6.42 Å². The Balaban J connectivity index is 2.33. The van der Waals surface area contributed by atoms with Crippen molar-refractivity contribution in [2.45, 2.75) is 51.4 Å². The zero-order chi connectivity index (χ0) is 16.0. The molecule has 1 N–H and O–H groups in total. The molecular formula is C14H21NO6. The first-order valence-corrected chi connectivity index (χ1v) is 6.64. The summed E-state index contributed by atoms with van der Waals surface area (Å²) in [5, 5.41) is 2.66. The maximum absolute atomic E-state index is 11.6. The first-order chi connectivity index (χ1) is 9.69. The number of esters is 2. The Kier molecular flexibility index (Phi) is 5.75. The molecule has 0 saturated heterocycles. The fraction of sp³-hybridized carbons (Fsp3) is 0.643. The molecule has 0 aromatic carbocycles. The summed E-state index contributed by atoms with van der Waals surface area (Å²) in [6, 6.07) is -0.268. The molecule has 7 nitrogen and oxygen atoms in total. The van der Waals surface area contributed by atoms with Crippen LogP contribution in [0.1, 0.15) is 33.6 Å². The molecule has 0 bridgehead atoms. The summed E-state index contributed by atoms with van der Waals surface area (Å²) in [5.41, 5.74) is -0.571. The lowest BCUT2D eigenvalue weighted by molar-refractivity contribution is -0.155. The van der Waals surface area contributed by atoms with Crippen LogP contribution in [0.3, 0.4) is 0 Å². The van der Waals surface area contributed by atoms with Crippen LogP contribution in [-0.4, -0.2) is 42.9 Å². The number of carbonyl (C=O) groups is 3. The quantitative estimate of drug-likeness (QED) is 0.364.